The van der Waals surface area contributed by atoms with Gasteiger partial charge >= 0.3 is 0 Å². The first-order valence-corrected chi connectivity index (χ1v) is 47.5. The number of nitrogens with zero attached hydrogens (tertiary/aromatic N) is 2. The molecular weight excluding hydrogens is 1760 g/mol. The minimum absolute atomic E-state index is 0.0408. The van der Waals surface area contributed by atoms with Crippen molar-refractivity contribution in [3.05, 3.63) is 71.3 Å². The lowest BCUT2D eigenvalue weighted by Crippen LogP contribution is -2.52. The van der Waals surface area contributed by atoms with Crippen molar-refractivity contribution in [2.75, 3.05) is 104 Å². The molecule has 0 radical (unpaired) electrons. The van der Waals surface area contributed by atoms with Crippen molar-refractivity contribution in [2.45, 2.75) is 273 Å². The lowest BCUT2D eigenvalue weighted by molar-refractivity contribution is -0.134. The van der Waals surface area contributed by atoms with Crippen LogP contribution < -0.4 is 120 Å². The SMILES string of the molecule is CC(C)(C)C(=O)NC(CC1=CCc2ccccc21)C(=O)NCCN.CC(C)(C)C(=O)NC(CC1C=NC=N1)C(=O)NCCN.CC(C)(C)C(=O)NC(CCCCN)C(=O)NCCN.CC(C)(C)C(=O)NC(CS)C(=O)NCCN.CC(C)(C)C(=O)NC(Cc1ccc(O)cc1)C(=O)NCCN.CC(C)C(NC(=O)C(C)(C)C)C(=O)NCCN.CC(C)CC(NC(=O)C(C)(C)C)C(=O)NCCN. The van der Waals surface area contributed by atoms with Gasteiger partial charge in [-0.05, 0) is 84.9 Å². The van der Waals surface area contributed by atoms with Gasteiger partial charge in [0.15, 0.2) is 0 Å². The second-order valence-electron chi connectivity index (χ2n) is 40.8. The molecule has 31 N–H and O–H groups in total. The molecular formula is C96H176N24O15S. The van der Waals surface area contributed by atoms with E-state index in [4.69, 9.17) is 45.9 Å². The molecule has 0 fully saturated rings. The molecule has 4 rings (SSSR count). The quantitative estimate of drug-likeness (QED) is 0.0332. The zero-order chi connectivity index (χ0) is 105. The maximum absolute atomic E-state index is 12.5. The van der Waals surface area contributed by atoms with Crippen LogP contribution in [0.15, 0.2) is 64.6 Å². The zero-order valence-corrected chi connectivity index (χ0v) is 87.1. The highest BCUT2D eigenvalue weighted by molar-refractivity contribution is 7.80. The number of phenols is 1. The maximum atomic E-state index is 12.5. The molecule has 39 nitrogen and oxygen atoms in total. The zero-order valence-electron chi connectivity index (χ0n) is 86.2. The summed E-state index contributed by atoms with van der Waals surface area (Å²) in [5, 5.41) is 47.6. The normalized spacial score (nSPS) is 14.1. The Balaban J connectivity index is -0.00000152. The number of rotatable bonds is 42. The van der Waals surface area contributed by atoms with E-state index in [0.717, 1.165) is 30.4 Å². The van der Waals surface area contributed by atoms with Crippen LogP contribution in [0.25, 0.3) is 5.57 Å². The lowest BCUT2D eigenvalue weighted by Gasteiger charge is -2.26. The fraction of sp³-hybridized carbons (Fsp3) is 0.688. The van der Waals surface area contributed by atoms with Gasteiger partial charge in [0.2, 0.25) is 82.7 Å². The Kier molecular flexibility index (Phi) is 63.5. The molecule has 1 aliphatic heterocycles. The van der Waals surface area contributed by atoms with E-state index in [1.54, 1.807) is 92.8 Å². The summed E-state index contributed by atoms with van der Waals surface area (Å²) in [5.74, 6) is -1.73. The van der Waals surface area contributed by atoms with Crippen LogP contribution >= 0.6 is 12.6 Å². The summed E-state index contributed by atoms with van der Waals surface area (Å²) in [6.45, 7) is 51.8. The van der Waals surface area contributed by atoms with Gasteiger partial charge < -0.3 is 125 Å². The van der Waals surface area contributed by atoms with Crippen molar-refractivity contribution < 1.29 is 72.2 Å². The molecule has 14 amide bonds. The number of hydrogen-bond acceptors (Lipinski definition) is 26. The second-order valence-corrected chi connectivity index (χ2v) is 41.2. The number of allylic oxidation sites excluding steroid dienone is 1. The van der Waals surface area contributed by atoms with Crippen LogP contribution in [0, 0.1) is 49.7 Å². The number of unbranched alkanes of at least 4 members (excludes halogenated alkanes) is 1. The molecule has 8 atom stereocenters. The van der Waals surface area contributed by atoms with Gasteiger partial charge in [-0.2, -0.15) is 12.6 Å². The molecule has 0 saturated carbocycles. The first-order chi connectivity index (χ1) is 62.9. The van der Waals surface area contributed by atoms with Crippen LogP contribution in [-0.2, 0) is 80.0 Å². The van der Waals surface area contributed by atoms with Crippen LogP contribution in [0.2, 0.25) is 0 Å². The van der Waals surface area contributed by atoms with E-state index in [9.17, 15) is 72.2 Å². The Morgan fingerprint density at radius 1 is 0.382 bits per heavy atom. The van der Waals surface area contributed by atoms with E-state index in [1.165, 1.54) is 17.5 Å². The maximum Gasteiger partial charge on any atom is 0.243 e. The minimum atomic E-state index is -0.678. The standard InChI is InChI=1S/C19H27N3O2.C16H25N3O3.C13H23N5O2.C13H28N4O2.C13H27N3O2.C12H25N3O2.C10H21N3O2S/c1-19(2,3)18(24)22-16(17(23)21-11-10-20)12-14-9-8-13-6-4-5-7-15(13)14;1-16(2,3)15(22)19-13(14(21)18-9-8-17)10-11-4-6-12(20)7-5-11;1-13(2,3)12(20)18-10(11(19)16-5-4-14)6-9-7-15-8-17-9;1-13(2,3)12(19)17-10(6-4-5-7-14)11(18)16-9-8-15;1-9(2)8-10(11(17)15-7-6-14)16-12(18)13(3,4)5;1-8(2)9(10(16)14-7-6-13)15-11(17)12(3,4)5;1-10(2,3)9(15)13-7(6-16)8(14)12-5-4-11/h4-7,9,16H,8,10-12,20H2,1-3H3,(H,21,23)(H,22,24);4-7,13,20H,8-10,17H2,1-3H3,(H,18,21)(H,19,22);7-10H,4-6,14H2,1-3H3,(H,16,19)(H,18,20);10H,4-9,14-15H2,1-3H3,(H,16,18)(H,17,19);9-10H,6-8,14H2,1-5H3,(H,15,17)(H,16,18);8-9H,6-7,13H2,1-5H3,(H,14,16)(H,15,17);7,16H,4-6,11H2,1-3H3,(H,12,14)(H,13,15). The number of nitrogens with one attached hydrogen (secondary N) is 14. The van der Waals surface area contributed by atoms with Crippen molar-refractivity contribution in [3.63, 3.8) is 0 Å². The molecule has 2 aromatic rings. The van der Waals surface area contributed by atoms with Crippen molar-refractivity contribution in [3.8, 4) is 5.75 Å². The Bertz CT molecular complexity index is 4050. The van der Waals surface area contributed by atoms with Gasteiger partial charge in [-0.1, -0.05) is 216 Å². The van der Waals surface area contributed by atoms with Crippen molar-refractivity contribution in [1.29, 1.82) is 0 Å². The average Bonchev–Trinajstić information content (AvgIpc) is 1.68. The molecule has 1 aliphatic carbocycles. The number of nitrogens with two attached hydrogens (primary N) is 8. The van der Waals surface area contributed by atoms with Crippen molar-refractivity contribution >= 4 is 113 Å². The first kappa shape index (κ1) is 130. The Hall–Kier alpha value is -10.1. The van der Waals surface area contributed by atoms with Gasteiger partial charge in [0, 0.05) is 161 Å². The molecule has 776 valence electrons. The summed E-state index contributed by atoms with van der Waals surface area (Å²) < 4.78 is 0. The molecule has 40 heteroatoms. The van der Waals surface area contributed by atoms with Crippen LogP contribution in [-0.4, -0.2) is 253 Å². The largest absolute Gasteiger partial charge is 0.508 e. The predicted molar refractivity (Wildman–Crippen MR) is 545 cm³/mol. The van der Waals surface area contributed by atoms with Gasteiger partial charge in [-0.15, -0.1) is 0 Å². The fourth-order valence-electron chi connectivity index (χ4n) is 11.0. The van der Waals surface area contributed by atoms with Gasteiger partial charge in [0.05, 0.1) is 6.04 Å². The number of benzene rings is 2. The highest BCUT2D eigenvalue weighted by Gasteiger charge is 2.36. The van der Waals surface area contributed by atoms with E-state index < -0.39 is 80.2 Å². The number of phenolic OH excluding ortho intramolecular Hbond substituents is 1. The van der Waals surface area contributed by atoms with Gasteiger partial charge in [-0.25, -0.2) is 4.99 Å². The smallest absolute Gasteiger partial charge is 0.243 e. The molecule has 8 unspecified atom stereocenters. The molecule has 0 spiro atoms. The number of fused-ring (bicyclic) bond motifs is 1. The van der Waals surface area contributed by atoms with E-state index >= 15 is 0 Å². The summed E-state index contributed by atoms with van der Waals surface area (Å²) in [5.41, 5.74) is 43.6. The Morgan fingerprint density at radius 3 is 1.04 bits per heavy atom. The lowest BCUT2D eigenvalue weighted by atomic mass is 9.93. The average molecular weight is 1940 g/mol. The van der Waals surface area contributed by atoms with E-state index in [1.807, 2.05) is 123 Å². The van der Waals surface area contributed by atoms with Gasteiger partial charge in [0.25, 0.3) is 0 Å². The van der Waals surface area contributed by atoms with Gasteiger partial charge in [-0.3, -0.25) is 72.1 Å². The van der Waals surface area contributed by atoms with Crippen LogP contribution in [0.1, 0.15) is 228 Å². The predicted octanol–water partition coefficient (Wildman–Crippen LogP) is 1.76. The summed E-state index contributed by atoms with van der Waals surface area (Å²) >= 11 is 4.04. The number of thiol groups is 1. The second kappa shape index (κ2) is 66.4. The number of carbonyl (C=O) groups is 14. The van der Waals surface area contributed by atoms with Gasteiger partial charge in [0.1, 0.15) is 54.4 Å². The Morgan fingerprint density at radius 2 is 0.699 bits per heavy atom. The summed E-state index contributed by atoms with van der Waals surface area (Å²) in [4.78, 5) is 176. The molecule has 0 bridgehead atoms. The topological polar surface area (TPSA) is 661 Å². The third kappa shape index (κ3) is 57.8. The first-order valence-electron chi connectivity index (χ1n) is 46.9. The van der Waals surface area contributed by atoms with E-state index in [-0.39, 0.29) is 106 Å². The Labute approximate surface area is 815 Å². The molecule has 0 aromatic heterocycles. The number of aliphatic imine (C=N–C) groups is 2. The highest BCUT2D eigenvalue weighted by atomic mass is 32.1. The number of amides is 14. The monoisotopic (exact) mass is 1940 g/mol. The summed E-state index contributed by atoms with van der Waals surface area (Å²) in [6, 6.07) is 10.5. The highest BCUT2D eigenvalue weighted by Crippen LogP contribution is 2.31. The van der Waals surface area contributed by atoms with Crippen molar-refractivity contribution in [1.82, 2.24) is 74.4 Å². The third-order valence-electron chi connectivity index (χ3n) is 19.5. The number of carbonyl (C=O) groups excluding carboxylic acids is 14. The minimum Gasteiger partial charge on any atom is -0.508 e. The van der Waals surface area contributed by atoms with Crippen LogP contribution in [0.5, 0.6) is 5.75 Å². The molecule has 1 heterocycles. The van der Waals surface area contributed by atoms with Crippen LogP contribution in [0.3, 0.4) is 0 Å². The molecule has 2 aromatic carbocycles. The number of hydrogen-bond donors (Lipinski definition) is 24. The molecule has 0 saturated heterocycles. The third-order valence-corrected chi connectivity index (χ3v) is 19.8. The molecule has 2 aliphatic rings. The summed E-state index contributed by atoms with van der Waals surface area (Å²) in [6.07, 6.45) is 10.2. The molecule has 136 heavy (non-hydrogen) atoms. The fourth-order valence-corrected chi connectivity index (χ4v) is 11.2. The van der Waals surface area contributed by atoms with Crippen molar-refractivity contribution in [2.24, 2.45) is 106 Å². The van der Waals surface area contributed by atoms with Crippen LogP contribution in [0.4, 0.5) is 0 Å². The van der Waals surface area contributed by atoms with E-state index in [2.05, 4.69) is 115 Å². The number of aromatic hydroxyl groups is 1. The summed E-state index contributed by atoms with van der Waals surface area (Å²) in [7, 11) is 0. The van der Waals surface area contributed by atoms with E-state index in [0.29, 0.717) is 136 Å².